The van der Waals surface area contributed by atoms with Crippen LogP contribution in [0.15, 0.2) is 0 Å². The summed E-state index contributed by atoms with van der Waals surface area (Å²) >= 11 is 1.69. The van der Waals surface area contributed by atoms with E-state index in [0.29, 0.717) is 4.71 Å². The van der Waals surface area contributed by atoms with Crippen molar-refractivity contribution in [2.75, 3.05) is 0 Å². The molecule has 2 N–H and O–H groups in total. The predicted molar refractivity (Wildman–Crippen MR) is 83.9 cm³/mol. The Morgan fingerprint density at radius 1 is 0.833 bits per heavy atom. The monoisotopic (exact) mass is 322 g/mol. The molecule has 0 aromatic rings. The Hall–Kier alpha value is 0.478. The van der Waals surface area contributed by atoms with Gasteiger partial charge in [-0.25, -0.2) is 0 Å². The average molecular weight is 322 g/mol. The molecule has 3 unspecified atom stereocenters. The molecule has 0 heterocycles. The fourth-order valence-corrected chi connectivity index (χ4v) is 2.07. The fraction of sp³-hybridized carbons (Fsp3) is 1.00. The zero-order valence-corrected chi connectivity index (χ0v) is 15.3. The molecule has 0 fully saturated rings. The van der Waals surface area contributed by atoms with E-state index in [1.165, 1.54) is 51.4 Å². The summed E-state index contributed by atoms with van der Waals surface area (Å²) in [5.74, 6) is 0. The van der Waals surface area contributed by atoms with Crippen molar-refractivity contribution in [3.05, 3.63) is 0 Å². The molecule has 0 aromatic heterocycles. The topological polar surface area (TPSA) is 40.5 Å². The van der Waals surface area contributed by atoms with Gasteiger partial charge in [0.15, 0.2) is 0 Å². The van der Waals surface area contributed by atoms with Crippen molar-refractivity contribution in [1.82, 2.24) is 0 Å². The first-order valence-corrected chi connectivity index (χ1v) is 8.93. The molecule has 2 nitrogen and oxygen atoms in total. The summed E-state index contributed by atoms with van der Waals surface area (Å²) in [4.78, 5) is 0. The molecule has 0 spiro atoms. The van der Waals surface area contributed by atoms with E-state index in [0.717, 1.165) is 0 Å². The van der Waals surface area contributed by atoms with Crippen molar-refractivity contribution >= 4 is 16.9 Å². The van der Waals surface area contributed by atoms with Gasteiger partial charge in [-0.15, -0.1) is 0 Å². The fourth-order valence-electron chi connectivity index (χ4n) is 1.58. The summed E-state index contributed by atoms with van der Waals surface area (Å²) in [6.07, 6.45) is 10.5. The van der Waals surface area contributed by atoms with E-state index in [1.807, 2.05) is 6.92 Å². The molecule has 0 aliphatic carbocycles. The second-order valence-electron chi connectivity index (χ2n) is 5.41. The van der Waals surface area contributed by atoms with Crippen LogP contribution >= 0.6 is 0 Å². The normalized spacial score (nSPS) is 14.0. The molecule has 0 rings (SSSR count). The standard InChI is InChI=1S/C12H27AsO.C3H8O/c1-3-4-5-6-7-8-9-10-12(13)11(2)14;1-3(2)4/h11-12,14H,3-10,13H2,1-2H3;3-4H,1-2H3. The Labute approximate surface area is 123 Å². The van der Waals surface area contributed by atoms with Gasteiger partial charge in [-0.2, -0.15) is 0 Å². The van der Waals surface area contributed by atoms with E-state index in [2.05, 4.69) is 6.92 Å². The SMILES string of the molecule is CC(C)O.CCCCCCCCCC([AsH2])C(C)O. The van der Waals surface area contributed by atoms with Crippen LogP contribution in [0.4, 0.5) is 0 Å². The molecule has 112 valence electrons. The number of hydrogen-bond donors (Lipinski definition) is 2. The second kappa shape index (κ2) is 15.5. The minimum atomic E-state index is -0.167. The van der Waals surface area contributed by atoms with Crippen LogP contribution in [0.2, 0.25) is 4.71 Å². The first-order chi connectivity index (χ1) is 8.41. The second-order valence-corrected chi connectivity index (χ2v) is 7.20. The summed E-state index contributed by atoms with van der Waals surface area (Å²) in [6, 6.07) is 0. The molecule has 0 aromatic carbocycles. The third-order valence-electron chi connectivity index (χ3n) is 2.76. The van der Waals surface area contributed by atoms with Crippen LogP contribution in [-0.4, -0.2) is 39.3 Å². The van der Waals surface area contributed by atoms with Crippen molar-refractivity contribution in [3.8, 4) is 0 Å². The van der Waals surface area contributed by atoms with Gasteiger partial charge in [0.05, 0.1) is 0 Å². The molecule has 3 atom stereocenters. The maximum atomic E-state index is 9.31. The molecular formula is C15H35AsO2. The molecule has 3 heteroatoms. The summed E-state index contributed by atoms with van der Waals surface area (Å²) in [7, 11) is 0. The number of aliphatic hydroxyl groups excluding tert-OH is 2. The molecule has 0 bridgehead atoms. The Morgan fingerprint density at radius 2 is 1.22 bits per heavy atom. The molecule has 0 saturated heterocycles. The van der Waals surface area contributed by atoms with Crippen molar-refractivity contribution in [1.29, 1.82) is 0 Å². The van der Waals surface area contributed by atoms with Crippen molar-refractivity contribution < 1.29 is 10.2 Å². The first kappa shape index (κ1) is 20.8. The molecule has 0 aliphatic rings. The number of unbranched alkanes of at least 4 members (excludes halogenated alkanes) is 6. The molecule has 0 saturated carbocycles. The molecule has 0 aliphatic heterocycles. The van der Waals surface area contributed by atoms with E-state index in [1.54, 1.807) is 30.7 Å². The summed E-state index contributed by atoms with van der Waals surface area (Å²) < 4.78 is 0.540. The van der Waals surface area contributed by atoms with Crippen LogP contribution in [0.1, 0.15) is 79.1 Å². The number of rotatable bonds is 9. The van der Waals surface area contributed by atoms with Crippen LogP contribution in [0, 0.1) is 0 Å². The van der Waals surface area contributed by atoms with Crippen molar-refractivity contribution in [2.45, 2.75) is 96.0 Å². The zero-order chi connectivity index (χ0) is 14.4. The van der Waals surface area contributed by atoms with Crippen LogP contribution in [0.5, 0.6) is 0 Å². The Kier molecular flexibility index (Phi) is 17.9. The average Bonchev–Trinajstić information content (AvgIpc) is 2.26. The third-order valence-corrected chi connectivity index (χ3v) is 4.63. The number of hydrogen-bond acceptors (Lipinski definition) is 2. The van der Waals surface area contributed by atoms with Gasteiger partial charge in [0, 0.05) is 6.10 Å². The van der Waals surface area contributed by atoms with E-state index < -0.39 is 0 Å². The molecular weight excluding hydrogens is 287 g/mol. The Bertz CT molecular complexity index is 147. The van der Waals surface area contributed by atoms with Gasteiger partial charge >= 0.3 is 98.0 Å². The first-order valence-electron chi connectivity index (χ1n) is 7.53. The van der Waals surface area contributed by atoms with E-state index >= 15 is 0 Å². The number of aliphatic hydroxyl groups is 2. The quantitative estimate of drug-likeness (QED) is 0.505. The zero-order valence-electron chi connectivity index (χ0n) is 12.9. The van der Waals surface area contributed by atoms with Crippen LogP contribution in [0.3, 0.4) is 0 Å². The molecule has 18 heavy (non-hydrogen) atoms. The Morgan fingerprint density at radius 3 is 1.61 bits per heavy atom. The van der Waals surface area contributed by atoms with Crippen LogP contribution in [-0.2, 0) is 0 Å². The molecule has 0 radical (unpaired) electrons. The van der Waals surface area contributed by atoms with Crippen LogP contribution in [0.25, 0.3) is 0 Å². The summed E-state index contributed by atoms with van der Waals surface area (Å²) in [5.41, 5.74) is 0. The van der Waals surface area contributed by atoms with Gasteiger partial charge in [-0.1, -0.05) is 0 Å². The predicted octanol–water partition coefficient (Wildman–Crippen LogP) is 3.32. The minimum absolute atomic E-state index is 0.102. The van der Waals surface area contributed by atoms with E-state index in [-0.39, 0.29) is 12.2 Å². The van der Waals surface area contributed by atoms with Crippen molar-refractivity contribution in [3.63, 3.8) is 0 Å². The van der Waals surface area contributed by atoms with E-state index in [9.17, 15) is 5.11 Å². The van der Waals surface area contributed by atoms with Gasteiger partial charge in [-0.3, -0.25) is 0 Å². The van der Waals surface area contributed by atoms with Gasteiger partial charge in [-0.05, 0) is 13.8 Å². The van der Waals surface area contributed by atoms with Gasteiger partial charge in [0.2, 0.25) is 0 Å². The maximum absolute atomic E-state index is 9.31. The summed E-state index contributed by atoms with van der Waals surface area (Å²) in [5, 5.41) is 17.4. The van der Waals surface area contributed by atoms with Crippen molar-refractivity contribution in [2.24, 2.45) is 0 Å². The summed E-state index contributed by atoms with van der Waals surface area (Å²) in [6.45, 7) is 7.61. The Balaban J connectivity index is 0. The third kappa shape index (κ3) is 21.7. The van der Waals surface area contributed by atoms with Gasteiger partial charge in [0.1, 0.15) is 0 Å². The van der Waals surface area contributed by atoms with Gasteiger partial charge < -0.3 is 5.11 Å². The molecule has 0 amide bonds. The van der Waals surface area contributed by atoms with E-state index in [4.69, 9.17) is 5.11 Å². The van der Waals surface area contributed by atoms with Crippen LogP contribution < -0.4 is 0 Å². The van der Waals surface area contributed by atoms with Gasteiger partial charge in [0.25, 0.3) is 0 Å².